The molecule has 4 nitrogen and oxygen atoms in total. The Bertz CT molecular complexity index is 3040. The smallest absolute Gasteiger partial charge is 0.136 e. The molecule has 0 unspecified atom stereocenters. The summed E-state index contributed by atoms with van der Waals surface area (Å²) >= 11 is 0. The Morgan fingerprint density at radius 1 is 0.259 bits per heavy atom. The van der Waals surface area contributed by atoms with Gasteiger partial charge in [-0.25, -0.2) is 0 Å². The van der Waals surface area contributed by atoms with Crippen molar-refractivity contribution in [2.24, 2.45) is 0 Å². The first-order chi connectivity index (χ1) is 28.3. The summed E-state index contributed by atoms with van der Waals surface area (Å²) in [7, 11) is 0. The maximum atomic E-state index is 6.65. The van der Waals surface area contributed by atoms with Crippen LogP contribution in [0.3, 0.4) is 0 Å². The standard InChI is InChI=1S/C54H40N2O2/c1-33-5-15-41(16-6-33)55(42-17-7-34(2)8-18-42)45-23-13-37-27-47-49-31-54-50(32-53(49)57-51(47)29-39(37)25-45)48-28-38-14-24-46(26-40(38)30-52(48)58-54)56(43-19-9-35(3)10-20-43)44-21-11-36(4)12-22-44/h5-32H,1-4H3. The molecule has 0 saturated heterocycles. The summed E-state index contributed by atoms with van der Waals surface area (Å²) in [5.74, 6) is 0. The van der Waals surface area contributed by atoms with Crippen molar-refractivity contribution in [2.75, 3.05) is 9.80 Å². The largest absolute Gasteiger partial charge is 0.456 e. The zero-order valence-corrected chi connectivity index (χ0v) is 32.9. The molecule has 9 aromatic carbocycles. The Morgan fingerprint density at radius 3 is 0.862 bits per heavy atom. The summed E-state index contributed by atoms with van der Waals surface area (Å²) in [6, 6.07) is 61.4. The van der Waals surface area contributed by atoms with Gasteiger partial charge in [-0.05, 0) is 158 Å². The van der Waals surface area contributed by atoms with Crippen molar-refractivity contribution in [1.82, 2.24) is 0 Å². The van der Waals surface area contributed by atoms with Gasteiger partial charge < -0.3 is 18.6 Å². The van der Waals surface area contributed by atoms with Crippen LogP contribution in [0, 0.1) is 27.7 Å². The number of aryl methyl sites for hydroxylation is 4. The van der Waals surface area contributed by atoms with E-state index in [9.17, 15) is 0 Å². The maximum absolute atomic E-state index is 6.65. The molecule has 0 fully saturated rings. The molecule has 0 saturated carbocycles. The molecule has 0 aliphatic carbocycles. The van der Waals surface area contributed by atoms with Crippen LogP contribution >= 0.6 is 0 Å². The predicted molar refractivity (Wildman–Crippen MR) is 244 cm³/mol. The number of hydrogen-bond acceptors (Lipinski definition) is 4. The summed E-state index contributed by atoms with van der Waals surface area (Å²) < 4.78 is 13.3. The third-order valence-corrected chi connectivity index (χ3v) is 11.6. The molecule has 0 aliphatic rings. The Kier molecular flexibility index (Phi) is 7.70. The van der Waals surface area contributed by atoms with E-state index in [1.165, 1.54) is 22.3 Å². The topological polar surface area (TPSA) is 32.8 Å². The fourth-order valence-corrected chi connectivity index (χ4v) is 8.45. The Hall–Kier alpha value is -7.30. The van der Waals surface area contributed by atoms with Crippen LogP contribution in [-0.2, 0) is 0 Å². The van der Waals surface area contributed by atoms with E-state index in [1.54, 1.807) is 0 Å². The summed E-state index contributed by atoms with van der Waals surface area (Å²) in [6.45, 7) is 8.50. The highest BCUT2D eigenvalue weighted by molar-refractivity contribution is 6.18. The monoisotopic (exact) mass is 748 g/mol. The van der Waals surface area contributed by atoms with Gasteiger partial charge in [-0.1, -0.05) is 82.9 Å². The molecule has 0 radical (unpaired) electrons. The highest BCUT2D eigenvalue weighted by atomic mass is 16.3. The van der Waals surface area contributed by atoms with E-state index < -0.39 is 0 Å². The van der Waals surface area contributed by atoms with Gasteiger partial charge >= 0.3 is 0 Å². The number of hydrogen-bond donors (Lipinski definition) is 0. The highest BCUT2D eigenvalue weighted by Crippen LogP contribution is 2.42. The Morgan fingerprint density at radius 2 is 0.534 bits per heavy atom. The van der Waals surface area contributed by atoms with Crippen molar-refractivity contribution in [1.29, 1.82) is 0 Å². The van der Waals surface area contributed by atoms with Crippen LogP contribution in [0.5, 0.6) is 0 Å². The van der Waals surface area contributed by atoms with Gasteiger partial charge in [-0.2, -0.15) is 0 Å². The van der Waals surface area contributed by atoms with Gasteiger partial charge in [-0.15, -0.1) is 0 Å². The summed E-state index contributed by atoms with van der Waals surface area (Å²) in [6.07, 6.45) is 0. The van der Waals surface area contributed by atoms with E-state index in [0.29, 0.717) is 0 Å². The van der Waals surface area contributed by atoms with Crippen LogP contribution in [0.1, 0.15) is 22.3 Å². The maximum Gasteiger partial charge on any atom is 0.136 e. The third-order valence-electron chi connectivity index (χ3n) is 11.6. The van der Waals surface area contributed by atoms with Crippen LogP contribution in [-0.4, -0.2) is 0 Å². The average Bonchev–Trinajstić information content (AvgIpc) is 3.76. The molecular formula is C54H40N2O2. The first kappa shape index (κ1) is 34.0. The van der Waals surface area contributed by atoms with Crippen LogP contribution in [0.2, 0.25) is 0 Å². The van der Waals surface area contributed by atoms with E-state index >= 15 is 0 Å². The summed E-state index contributed by atoms with van der Waals surface area (Å²) in [5.41, 5.74) is 15.0. The lowest BCUT2D eigenvalue weighted by molar-refractivity contribution is 0.664. The molecule has 4 heteroatoms. The number of benzene rings is 9. The molecule has 2 heterocycles. The second kappa shape index (κ2) is 13.1. The molecule has 2 aromatic heterocycles. The lowest BCUT2D eigenvalue weighted by Gasteiger charge is -2.26. The van der Waals surface area contributed by atoms with E-state index in [1.807, 2.05) is 0 Å². The number of anilines is 6. The fourth-order valence-electron chi connectivity index (χ4n) is 8.45. The number of rotatable bonds is 6. The van der Waals surface area contributed by atoms with E-state index in [-0.39, 0.29) is 0 Å². The predicted octanol–water partition coefficient (Wildman–Crippen LogP) is 16.0. The molecule has 278 valence electrons. The molecule has 0 spiro atoms. The van der Waals surface area contributed by atoms with Gasteiger partial charge in [-0.3, -0.25) is 0 Å². The lowest BCUT2D eigenvalue weighted by atomic mass is 10.0. The number of furan rings is 2. The van der Waals surface area contributed by atoms with Crippen molar-refractivity contribution < 1.29 is 8.83 Å². The molecule has 0 amide bonds. The minimum atomic E-state index is 0.851. The van der Waals surface area contributed by atoms with E-state index in [4.69, 9.17) is 8.83 Å². The molecule has 11 aromatic rings. The second-order valence-corrected chi connectivity index (χ2v) is 15.8. The van der Waals surface area contributed by atoms with Crippen molar-refractivity contribution in [3.63, 3.8) is 0 Å². The molecule has 0 aliphatic heterocycles. The zero-order chi connectivity index (χ0) is 39.1. The van der Waals surface area contributed by atoms with Crippen LogP contribution in [0.15, 0.2) is 179 Å². The molecular weight excluding hydrogens is 709 g/mol. The molecule has 0 atom stereocenters. The van der Waals surface area contributed by atoms with Crippen LogP contribution < -0.4 is 9.80 Å². The fraction of sp³-hybridized carbons (Fsp3) is 0.0741. The van der Waals surface area contributed by atoms with Gasteiger partial charge in [0.25, 0.3) is 0 Å². The van der Waals surface area contributed by atoms with E-state index in [2.05, 4.69) is 207 Å². The normalized spacial score (nSPS) is 11.8. The first-order valence-electron chi connectivity index (χ1n) is 19.9. The average molecular weight is 749 g/mol. The quantitative estimate of drug-likeness (QED) is 0.170. The van der Waals surface area contributed by atoms with Crippen LogP contribution in [0.25, 0.3) is 65.4 Å². The van der Waals surface area contributed by atoms with Crippen molar-refractivity contribution in [3.8, 4) is 0 Å². The molecule has 0 N–H and O–H groups in total. The van der Waals surface area contributed by atoms with Gasteiger partial charge in [0.2, 0.25) is 0 Å². The second-order valence-electron chi connectivity index (χ2n) is 15.8. The zero-order valence-electron chi connectivity index (χ0n) is 32.9. The van der Waals surface area contributed by atoms with Crippen molar-refractivity contribution in [2.45, 2.75) is 27.7 Å². The minimum absolute atomic E-state index is 0.851. The summed E-state index contributed by atoms with van der Waals surface area (Å²) in [4.78, 5) is 4.63. The lowest BCUT2D eigenvalue weighted by Crippen LogP contribution is -2.09. The molecule has 11 rings (SSSR count). The van der Waals surface area contributed by atoms with Crippen LogP contribution in [0.4, 0.5) is 34.1 Å². The SMILES string of the molecule is Cc1ccc(N(c2ccc(C)cc2)c2ccc3cc4c(cc3c2)oc2cc3c(cc24)oc2cc4cc(N(c5ccc(C)cc5)c5ccc(C)cc5)ccc4cc23)cc1. The minimum Gasteiger partial charge on any atom is -0.456 e. The molecule has 0 bridgehead atoms. The van der Waals surface area contributed by atoms with Gasteiger partial charge in [0.1, 0.15) is 22.3 Å². The van der Waals surface area contributed by atoms with Gasteiger partial charge in [0.15, 0.2) is 0 Å². The Balaban J connectivity index is 0.998. The van der Waals surface area contributed by atoms with Gasteiger partial charge in [0.05, 0.1) is 0 Å². The van der Waals surface area contributed by atoms with Gasteiger partial charge in [0, 0.05) is 55.7 Å². The van der Waals surface area contributed by atoms with Crippen molar-refractivity contribution in [3.05, 3.63) is 192 Å². The Labute approximate surface area is 336 Å². The number of nitrogens with zero attached hydrogens (tertiary/aromatic N) is 2. The third kappa shape index (κ3) is 5.76. The van der Waals surface area contributed by atoms with Crippen molar-refractivity contribution >= 4 is 99.5 Å². The summed E-state index contributed by atoms with van der Waals surface area (Å²) in [5, 5.41) is 8.81. The van der Waals surface area contributed by atoms with E-state index in [0.717, 1.165) is 99.5 Å². The number of fused-ring (bicyclic) bond motifs is 8. The molecule has 58 heavy (non-hydrogen) atoms. The highest BCUT2D eigenvalue weighted by Gasteiger charge is 2.18. The first-order valence-corrected chi connectivity index (χ1v) is 19.9.